The lowest BCUT2D eigenvalue weighted by atomic mass is 10.1. The van der Waals surface area contributed by atoms with Gasteiger partial charge >= 0.3 is 12.1 Å². The lowest BCUT2D eigenvalue weighted by Crippen LogP contribution is -2.32. The van der Waals surface area contributed by atoms with E-state index in [4.69, 9.17) is 9.90 Å². The molecule has 0 aliphatic rings. The van der Waals surface area contributed by atoms with Crippen LogP contribution in [0.3, 0.4) is 0 Å². The Labute approximate surface area is 186 Å². The number of alkyl halides is 3. The number of pyridine rings is 1. The number of benzene rings is 1. The van der Waals surface area contributed by atoms with E-state index in [1.165, 1.54) is 0 Å². The van der Waals surface area contributed by atoms with Gasteiger partial charge in [0.15, 0.2) is 5.65 Å². The second-order valence-corrected chi connectivity index (χ2v) is 7.68. The van der Waals surface area contributed by atoms with Crippen LogP contribution in [0, 0.1) is 6.92 Å². The molecule has 3 heterocycles. The number of carbonyl (C=O) groups is 2. The highest BCUT2D eigenvalue weighted by atomic mass is 19.4. The predicted molar refractivity (Wildman–Crippen MR) is 117 cm³/mol. The van der Waals surface area contributed by atoms with E-state index < -0.39 is 12.1 Å². The number of aromatic amines is 2. The smallest absolute Gasteiger partial charge is 0.475 e. The van der Waals surface area contributed by atoms with Gasteiger partial charge in [-0.3, -0.25) is 4.79 Å². The second-order valence-electron chi connectivity index (χ2n) is 7.68. The predicted octanol–water partition coefficient (Wildman–Crippen LogP) is 4.53. The van der Waals surface area contributed by atoms with Gasteiger partial charge in [0, 0.05) is 47.0 Å². The minimum absolute atomic E-state index is 0.0218. The highest BCUT2D eigenvalue weighted by Crippen LogP contribution is 2.29. The fourth-order valence-corrected chi connectivity index (χ4v) is 3.09. The number of halogens is 3. The first-order valence-corrected chi connectivity index (χ1v) is 9.90. The Balaban J connectivity index is 0.000000383. The molecule has 4 aromatic rings. The second kappa shape index (κ2) is 8.93. The summed E-state index contributed by atoms with van der Waals surface area (Å²) in [6.07, 6.45) is -3.32. The van der Waals surface area contributed by atoms with Crippen molar-refractivity contribution in [2.75, 3.05) is 7.05 Å². The Morgan fingerprint density at radius 1 is 1.12 bits per heavy atom. The fraction of sp³-hybridized carbons (Fsp3) is 0.273. The first kappa shape index (κ1) is 23.8. The Bertz CT molecular complexity index is 1320. The summed E-state index contributed by atoms with van der Waals surface area (Å²) in [5, 5.41) is 8.19. The third kappa shape index (κ3) is 5.13. The molecule has 174 valence electrons. The summed E-state index contributed by atoms with van der Waals surface area (Å²) < 4.78 is 31.7. The van der Waals surface area contributed by atoms with Crippen LogP contribution in [0.1, 0.15) is 30.0 Å². The zero-order chi connectivity index (χ0) is 24.5. The van der Waals surface area contributed by atoms with Crippen molar-refractivity contribution >= 4 is 33.9 Å². The molecule has 8 nitrogen and oxygen atoms in total. The average Bonchev–Trinajstić information content (AvgIpc) is 3.33. The van der Waals surface area contributed by atoms with E-state index in [1.807, 2.05) is 52.1 Å². The third-order valence-electron chi connectivity index (χ3n) is 5.01. The van der Waals surface area contributed by atoms with Crippen molar-refractivity contribution in [3.63, 3.8) is 0 Å². The number of carboxylic acids is 1. The van der Waals surface area contributed by atoms with Gasteiger partial charge in [-0.2, -0.15) is 13.2 Å². The summed E-state index contributed by atoms with van der Waals surface area (Å²) in [6, 6.07) is 9.98. The van der Waals surface area contributed by atoms with Crippen molar-refractivity contribution in [2.45, 2.75) is 33.0 Å². The van der Waals surface area contributed by atoms with Gasteiger partial charge in [0.2, 0.25) is 0 Å². The number of imidazole rings is 1. The minimum atomic E-state index is -5.08. The maximum absolute atomic E-state index is 12.6. The summed E-state index contributed by atoms with van der Waals surface area (Å²) in [6.45, 7) is 5.92. The van der Waals surface area contributed by atoms with Crippen LogP contribution >= 0.6 is 0 Å². The standard InChI is InChI=1S/C20H21N5O.C2HF3O2/c1-11(2)25(4)20(26)14-6-5-13-9-17(24-16(13)10-14)15-7-8-21-19-18(15)22-12(3)23-19;3-2(4,5)1(6)7/h5-11,24H,1-4H3,(H,21,22,23);(H,6,7). The largest absolute Gasteiger partial charge is 0.490 e. The number of carbonyl (C=O) groups excluding carboxylic acids is 1. The molecule has 33 heavy (non-hydrogen) atoms. The summed E-state index contributed by atoms with van der Waals surface area (Å²) in [7, 11) is 1.83. The van der Waals surface area contributed by atoms with Crippen LogP contribution in [0.15, 0.2) is 36.5 Å². The van der Waals surface area contributed by atoms with Crippen LogP contribution in [-0.2, 0) is 4.79 Å². The minimum Gasteiger partial charge on any atom is -0.475 e. The number of H-pyrrole nitrogens is 2. The van der Waals surface area contributed by atoms with Gasteiger partial charge in [-0.1, -0.05) is 6.07 Å². The Kier molecular flexibility index (Phi) is 6.43. The van der Waals surface area contributed by atoms with E-state index in [0.29, 0.717) is 11.2 Å². The molecule has 11 heteroatoms. The molecule has 0 atom stereocenters. The number of hydrogen-bond acceptors (Lipinski definition) is 4. The Morgan fingerprint density at radius 3 is 2.39 bits per heavy atom. The molecule has 0 aliphatic heterocycles. The lowest BCUT2D eigenvalue weighted by Gasteiger charge is -2.21. The number of amides is 1. The Hall–Kier alpha value is -3.89. The molecule has 0 unspecified atom stereocenters. The van der Waals surface area contributed by atoms with E-state index in [-0.39, 0.29) is 11.9 Å². The highest BCUT2D eigenvalue weighted by Gasteiger charge is 2.38. The summed E-state index contributed by atoms with van der Waals surface area (Å²) >= 11 is 0. The van der Waals surface area contributed by atoms with Crippen molar-refractivity contribution in [1.29, 1.82) is 0 Å². The molecule has 1 amide bonds. The number of carboxylic acid groups (broad SMARTS) is 1. The summed E-state index contributed by atoms with van der Waals surface area (Å²) in [5.74, 6) is -1.90. The van der Waals surface area contributed by atoms with E-state index in [0.717, 1.165) is 33.5 Å². The molecule has 0 spiro atoms. The zero-order valence-corrected chi connectivity index (χ0v) is 18.3. The molecule has 0 saturated carbocycles. The number of nitrogens with one attached hydrogen (secondary N) is 2. The molecule has 0 bridgehead atoms. The average molecular weight is 461 g/mol. The van der Waals surface area contributed by atoms with Gasteiger partial charge in [0.05, 0.1) is 5.52 Å². The van der Waals surface area contributed by atoms with Crippen LogP contribution in [0.2, 0.25) is 0 Å². The number of hydrogen-bond donors (Lipinski definition) is 3. The van der Waals surface area contributed by atoms with Gasteiger partial charge in [-0.05, 0) is 45.0 Å². The van der Waals surface area contributed by atoms with Crippen LogP contribution in [-0.4, -0.2) is 61.1 Å². The van der Waals surface area contributed by atoms with Crippen molar-refractivity contribution in [3.8, 4) is 11.3 Å². The maximum atomic E-state index is 12.6. The van der Waals surface area contributed by atoms with E-state index in [2.05, 4.69) is 26.0 Å². The molecule has 0 fully saturated rings. The number of rotatable bonds is 3. The number of fused-ring (bicyclic) bond motifs is 2. The number of aromatic nitrogens is 4. The highest BCUT2D eigenvalue weighted by molar-refractivity contribution is 6.00. The van der Waals surface area contributed by atoms with Gasteiger partial charge in [-0.15, -0.1) is 0 Å². The fourth-order valence-electron chi connectivity index (χ4n) is 3.09. The van der Waals surface area contributed by atoms with E-state index in [1.54, 1.807) is 11.1 Å². The summed E-state index contributed by atoms with van der Waals surface area (Å²) in [5.41, 5.74) is 5.21. The van der Waals surface area contributed by atoms with Crippen molar-refractivity contribution in [3.05, 3.63) is 47.9 Å². The quantitative estimate of drug-likeness (QED) is 0.415. The van der Waals surface area contributed by atoms with E-state index in [9.17, 15) is 18.0 Å². The van der Waals surface area contributed by atoms with Crippen LogP contribution in [0.4, 0.5) is 13.2 Å². The zero-order valence-electron chi connectivity index (χ0n) is 18.3. The molecule has 1 aromatic carbocycles. The van der Waals surface area contributed by atoms with Gasteiger partial charge < -0.3 is 20.0 Å². The first-order valence-electron chi connectivity index (χ1n) is 9.90. The van der Waals surface area contributed by atoms with Crippen LogP contribution in [0.25, 0.3) is 33.3 Å². The molecule has 0 radical (unpaired) electrons. The van der Waals surface area contributed by atoms with Crippen LogP contribution < -0.4 is 0 Å². The molecule has 0 aliphatic carbocycles. The number of aryl methyl sites for hydroxylation is 1. The lowest BCUT2D eigenvalue weighted by molar-refractivity contribution is -0.192. The maximum Gasteiger partial charge on any atom is 0.490 e. The molecule has 3 N–H and O–H groups in total. The van der Waals surface area contributed by atoms with Crippen LogP contribution in [0.5, 0.6) is 0 Å². The topological polar surface area (TPSA) is 115 Å². The van der Waals surface area contributed by atoms with Crippen molar-refractivity contribution < 1.29 is 27.9 Å². The molecular weight excluding hydrogens is 439 g/mol. The monoisotopic (exact) mass is 461 g/mol. The summed E-state index contributed by atoms with van der Waals surface area (Å²) in [4.78, 5) is 38.6. The molecule has 3 aromatic heterocycles. The molecule has 4 rings (SSSR count). The normalized spacial score (nSPS) is 11.5. The first-order chi connectivity index (χ1) is 15.4. The van der Waals surface area contributed by atoms with E-state index >= 15 is 0 Å². The molecular formula is C22H22F3N5O3. The molecule has 0 saturated heterocycles. The number of nitrogens with zero attached hydrogens (tertiary/aromatic N) is 3. The van der Waals surface area contributed by atoms with Crippen molar-refractivity contribution in [1.82, 2.24) is 24.8 Å². The van der Waals surface area contributed by atoms with Gasteiger partial charge in [0.25, 0.3) is 5.91 Å². The Morgan fingerprint density at radius 2 is 1.79 bits per heavy atom. The van der Waals surface area contributed by atoms with Crippen molar-refractivity contribution in [2.24, 2.45) is 0 Å². The van der Waals surface area contributed by atoms with Gasteiger partial charge in [0.1, 0.15) is 5.82 Å². The third-order valence-corrected chi connectivity index (χ3v) is 5.01. The number of aliphatic carboxylic acids is 1. The SMILES string of the molecule is Cc1nc2nccc(-c3cc4ccc(C(=O)N(C)C(C)C)cc4[nH]3)c2[nH]1.O=C(O)C(F)(F)F. The van der Waals surface area contributed by atoms with Gasteiger partial charge in [-0.25, -0.2) is 14.8 Å².